The summed E-state index contributed by atoms with van der Waals surface area (Å²) in [4.78, 5) is 0. The van der Waals surface area contributed by atoms with Crippen LogP contribution in [0.25, 0.3) is 0 Å². The van der Waals surface area contributed by atoms with Crippen molar-refractivity contribution in [2.24, 2.45) is 5.73 Å². The molecule has 0 fully saturated rings. The van der Waals surface area contributed by atoms with Crippen molar-refractivity contribution in [1.29, 1.82) is 5.26 Å². The van der Waals surface area contributed by atoms with Crippen LogP contribution >= 0.6 is 0 Å². The van der Waals surface area contributed by atoms with Gasteiger partial charge in [-0.3, -0.25) is 0 Å². The molecule has 0 spiro atoms. The minimum absolute atomic E-state index is 0.215. The summed E-state index contributed by atoms with van der Waals surface area (Å²) in [6, 6.07) is 1.78. The second-order valence-corrected chi connectivity index (χ2v) is 1.27. The van der Waals surface area contributed by atoms with Crippen molar-refractivity contribution in [3.05, 3.63) is 11.9 Å². The molecule has 0 aromatic rings. The van der Waals surface area contributed by atoms with Gasteiger partial charge in [-0.1, -0.05) is 0 Å². The number of hydrogen-bond acceptors (Lipinski definition) is 3. The van der Waals surface area contributed by atoms with Crippen molar-refractivity contribution < 1.29 is 0 Å². The van der Waals surface area contributed by atoms with E-state index in [1.807, 2.05) is 6.92 Å². The van der Waals surface area contributed by atoms with Gasteiger partial charge in [0.05, 0.1) is 0 Å². The van der Waals surface area contributed by atoms with E-state index in [-0.39, 0.29) is 5.70 Å². The molecule has 0 atom stereocenters. The molecule has 0 amide bonds. The molecular weight excluding hydrogens is 102 g/mol. The Morgan fingerprint density at radius 2 is 2.62 bits per heavy atom. The monoisotopic (exact) mass is 111 g/mol. The molecule has 3 heteroatoms. The summed E-state index contributed by atoms with van der Waals surface area (Å²) < 4.78 is 0. The van der Waals surface area contributed by atoms with Gasteiger partial charge in [0.15, 0.2) is 0 Å². The number of hydrogen-bond donors (Lipinski definition) is 2. The first kappa shape index (κ1) is 6.83. The largest absolute Gasteiger partial charge is 0.389 e. The Bertz CT molecular complexity index is 120. The molecule has 0 rings (SSSR count). The molecule has 0 heterocycles. The van der Waals surface area contributed by atoms with Crippen molar-refractivity contribution >= 4 is 0 Å². The summed E-state index contributed by atoms with van der Waals surface area (Å²) >= 11 is 0. The molecule has 0 aromatic carbocycles. The third-order valence-corrected chi connectivity index (χ3v) is 0.591. The average Bonchev–Trinajstić information content (AvgIpc) is 1.83. The minimum Gasteiger partial charge on any atom is -0.389 e. The normalized spacial score (nSPS) is 10.2. The van der Waals surface area contributed by atoms with Crippen LogP contribution in [0.3, 0.4) is 0 Å². The van der Waals surface area contributed by atoms with Gasteiger partial charge in [0.2, 0.25) is 0 Å². The molecule has 3 nitrogen and oxygen atoms in total. The van der Waals surface area contributed by atoms with Crippen molar-refractivity contribution in [2.45, 2.75) is 6.92 Å². The highest BCUT2D eigenvalue weighted by Gasteiger charge is 1.77. The Kier molecular flexibility index (Phi) is 3.42. The molecular formula is C5H9N3. The van der Waals surface area contributed by atoms with Gasteiger partial charge in [-0.05, 0) is 6.92 Å². The van der Waals surface area contributed by atoms with Gasteiger partial charge in [0.25, 0.3) is 0 Å². The predicted octanol–water partition coefficient (Wildman–Crippen LogP) is -0.0804. The number of allylic oxidation sites excluding steroid dienone is 1. The van der Waals surface area contributed by atoms with Crippen LogP contribution < -0.4 is 11.1 Å². The van der Waals surface area contributed by atoms with E-state index < -0.39 is 0 Å². The fourth-order valence-electron chi connectivity index (χ4n) is 0.244. The maximum absolute atomic E-state index is 8.08. The molecule has 44 valence electrons. The van der Waals surface area contributed by atoms with E-state index in [0.717, 1.165) is 6.54 Å². The zero-order valence-electron chi connectivity index (χ0n) is 4.81. The van der Waals surface area contributed by atoms with Crippen molar-refractivity contribution in [2.75, 3.05) is 6.54 Å². The number of nitrogens with one attached hydrogen (secondary N) is 1. The number of nitriles is 1. The lowest BCUT2D eigenvalue weighted by atomic mass is 10.5. The molecule has 0 saturated heterocycles. The van der Waals surface area contributed by atoms with Crippen LogP contribution in [0.15, 0.2) is 11.9 Å². The van der Waals surface area contributed by atoms with Crippen LogP contribution in [0.1, 0.15) is 6.92 Å². The van der Waals surface area contributed by atoms with E-state index in [0.29, 0.717) is 0 Å². The highest BCUT2D eigenvalue weighted by molar-refractivity contribution is 5.14. The van der Waals surface area contributed by atoms with Gasteiger partial charge in [0.1, 0.15) is 11.8 Å². The molecule has 0 bridgehead atoms. The van der Waals surface area contributed by atoms with Gasteiger partial charge in [-0.25, -0.2) is 0 Å². The molecule has 0 saturated carbocycles. The van der Waals surface area contributed by atoms with Crippen molar-refractivity contribution in [3.63, 3.8) is 0 Å². The van der Waals surface area contributed by atoms with Crippen molar-refractivity contribution in [3.8, 4) is 6.07 Å². The number of rotatable bonds is 2. The first-order valence-electron chi connectivity index (χ1n) is 2.40. The van der Waals surface area contributed by atoms with E-state index >= 15 is 0 Å². The second kappa shape index (κ2) is 4.00. The first-order valence-corrected chi connectivity index (χ1v) is 2.40. The lowest BCUT2D eigenvalue weighted by Gasteiger charge is -1.89. The number of nitrogens with two attached hydrogens (primary N) is 1. The van der Waals surface area contributed by atoms with Gasteiger partial charge in [-0.15, -0.1) is 0 Å². The van der Waals surface area contributed by atoms with Crippen LogP contribution in [0, 0.1) is 11.3 Å². The molecule has 3 N–H and O–H groups in total. The summed E-state index contributed by atoms with van der Waals surface area (Å²) in [6.45, 7) is 2.73. The first-order chi connectivity index (χ1) is 3.81. The van der Waals surface area contributed by atoms with Crippen LogP contribution in [0.4, 0.5) is 0 Å². The zero-order valence-corrected chi connectivity index (χ0v) is 4.81. The minimum atomic E-state index is 0.215. The van der Waals surface area contributed by atoms with Crippen molar-refractivity contribution in [1.82, 2.24) is 5.32 Å². The average molecular weight is 111 g/mol. The van der Waals surface area contributed by atoms with Crippen LogP contribution in [-0.2, 0) is 0 Å². The lowest BCUT2D eigenvalue weighted by molar-refractivity contribution is 0.910. The Labute approximate surface area is 48.8 Å². The zero-order chi connectivity index (χ0) is 6.41. The van der Waals surface area contributed by atoms with E-state index in [1.54, 1.807) is 6.07 Å². The summed E-state index contributed by atoms with van der Waals surface area (Å²) in [5.74, 6) is 0. The molecule has 8 heavy (non-hydrogen) atoms. The molecule has 0 aromatic heterocycles. The standard InChI is InChI=1S/C5H9N3/c1-2-8-4-5(7)3-6/h4,8H,2,7H2,1H3/b5-4+. The maximum Gasteiger partial charge on any atom is 0.126 e. The Hall–Kier alpha value is -1.17. The third kappa shape index (κ3) is 3.04. The molecule has 0 aliphatic carbocycles. The van der Waals surface area contributed by atoms with E-state index in [9.17, 15) is 0 Å². The number of nitrogens with zero attached hydrogens (tertiary/aromatic N) is 1. The Balaban J connectivity index is 3.46. The van der Waals surface area contributed by atoms with E-state index in [1.165, 1.54) is 6.20 Å². The Morgan fingerprint density at radius 1 is 2.00 bits per heavy atom. The lowest BCUT2D eigenvalue weighted by Crippen LogP contribution is -2.06. The van der Waals surface area contributed by atoms with Crippen LogP contribution in [0.2, 0.25) is 0 Å². The van der Waals surface area contributed by atoms with E-state index in [4.69, 9.17) is 11.0 Å². The molecule has 0 aliphatic rings. The van der Waals surface area contributed by atoms with Gasteiger partial charge >= 0.3 is 0 Å². The highest BCUT2D eigenvalue weighted by atomic mass is 14.8. The Morgan fingerprint density at radius 3 is 3.00 bits per heavy atom. The highest BCUT2D eigenvalue weighted by Crippen LogP contribution is 1.71. The molecule has 0 unspecified atom stereocenters. The summed E-state index contributed by atoms with van der Waals surface area (Å²) in [6.07, 6.45) is 1.49. The van der Waals surface area contributed by atoms with E-state index in [2.05, 4.69) is 5.32 Å². The quantitative estimate of drug-likeness (QED) is 0.490. The smallest absolute Gasteiger partial charge is 0.126 e. The van der Waals surface area contributed by atoms with Gasteiger partial charge < -0.3 is 11.1 Å². The van der Waals surface area contributed by atoms with Crippen LogP contribution in [0.5, 0.6) is 0 Å². The summed E-state index contributed by atoms with van der Waals surface area (Å²) in [5.41, 5.74) is 5.31. The summed E-state index contributed by atoms with van der Waals surface area (Å²) in [5, 5.41) is 10.9. The third-order valence-electron chi connectivity index (χ3n) is 0.591. The predicted molar refractivity (Wildman–Crippen MR) is 31.6 cm³/mol. The fourth-order valence-corrected chi connectivity index (χ4v) is 0.244. The molecule has 0 radical (unpaired) electrons. The van der Waals surface area contributed by atoms with Gasteiger partial charge in [-0.2, -0.15) is 5.26 Å². The summed E-state index contributed by atoms with van der Waals surface area (Å²) in [7, 11) is 0. The van der Waals surface area contributed by atoms with Crippen LogP contribution in [-0.4, -0.2) is 6.54 Å². The topological polar surface area (TPSA) is 61.8 Å². The maximum atomic E-state index is 8.08. The molecule has 0 aliphatic heterocycles. The second-order valence-electron chi connectivity index (χ2n) is 1.27. The SMILES string of the molecule is CCN/C=C(/N)C#N. The fraction of sp³-hybridized carbons (Fsp3) is 0.400. The van der Waals surface area contributed by atoms with Gasteiger partial charge in [0, 0.05) is 12.7 Å².